The first-order valence-electron chi connectivity index (χ1n) is 7.79. The summed E-state index contributed by atoms with van der Waals surface area (Å²) in [6.45, 7) is 2.47. The summed E-state index contributed by atoms with van der Waals surface area (Å²) in [5.41, 5.74) is 2.03. The number of pyridine rings is 1. The highest BCUT2D eigenvalue weighted by molar-refractivity contribution is 6.03. The molecule has 1 aromatic heterocycles. The Hall–Kier alpha value is -2.69. The second-order valence-corrected chi connectivity index (χ2v) is 5.59. The summed E-state index contributed by atoms with van der Waals surface area (Å²) in [5, 5.41) is 2.78. The molecular formula is C18H19N3O2. The molecule has 1 fully saturated rings. The first kappa shape index (κ1) is 15.2. The molecule has 1 aromatic carbocycles. The number of nitrogens with one attached hydrogen (secondary N) is 1. The van der Waals surface area contributed by atoms with Crippen LogP contribution >= 0.6 is 0 Å². The summed E-state index contributed by atoms with van der Waals surface area (Å²) in [5.74, 6) is -0.00706. The van der Waals surface area contributed by atoms with E-state index >= 15 is 0 Å². The van der Waals surface area contributed by atoms with Gasteiger partial charge in [-0.25, -0.2) is 4.98 Å². The van der Waals surface area contributed by atoms with Gasteiger partial charge in [0, 0.05) is 24.8 Å². The van der Waals surface area contributed by atoms with E-state index in [1.54, 1.807) is 23.2 Å². The molecule has 1 saturated heterocycles. The lowest BCUT2D eigenvalue weighted by atomic mass is 10.1. The van der Waals surface area contributed by atoms with Crippen molar-refractivity contribution in [3.05, 3.63) is 54.2 Å². The van der Waals surface area contributed by atoms with Crippen molar-refractivity contribution in [2.45, 2.75) is 19.8 Å². The van der Waals surface area contributed by atoms with Gasteiger partial charge in [0.2, 0.25) is 11.8 Å². The number of benzene rings is 1. The molecule has 3 rings (SSSR count). The zero-order valence-corrected chi connectivity index (χ0v) is 13.0. The third-order valence-electron chi connectivity index (χ3n) is 4.08. The van der Waals surface area contributed by atoms with Gasteiger partial charge in [0.1, 0.15) is 5.82 Å². The molecule has 2 amide bonds. The van der Waals surface area contributed by atoms with E-state index in [-0.39, 0.29) is 24.2 Å². The lowest BCUT2D eigenvalue weighted by Gasteiger charge is -2.19. The SMILES string of the molecule is CCc1ccccc1N1CC(C(=O)Nc2ccccn2)CC1=O. The molecular weight excluding hydrogens is 290 g/mol. The Bertz CT molecular complexity index is 715. The number of nitrogens with zero attached hydrogens (tertiary/aromatic N) is 2. The Morgan fingerprint density at radius 2 is 2.04 bits per heavy atom. The van der Waals surface area contributed by atoms with Gasteiger partial charge in [-0.2, -0.15) is 0 Å². The minimum Gasteiger partial charge on any atom is -0.311 e. The Kier molecular flexibility index (Phi) is 4.37. The van der Waals surface area contributed by atoms with Crippen LogP contribution in [0.3, 0.4) is 0 Å². The summed E-state index contributed by atoms with van der Waals surface area (Å²) < 4.78 is 0. The van der Waals surface area contributed by atoms with Gasteiger partial charge in [-0.05, 0) is 30.2 Å². The lowest BCUT2D eigenvalue weighted by molar-refractivity contribution is -0.122. The smallest absolute Gasteiger partial charge is 0.230 e. The Balaban J connectivity index is 1.73. The third-order valence-corrected chi connectivity index (χ3v) is 4.08. The molecule has 1 atom stereocenters. The van der Waals surface area contributed by atoms with Gasteiger partial charge < -0.3 is 10.2 Å². The molecule has 0 aliphatic carbocycles. The molecule has 1 unspecified atom stereocenters. The number of hydrogen-bond donors (Lipinski definition) is 1. The first-order chi connectivity index (χ1) is 11.2. The third kappa shape index (κ3) is 3.23. The molecule has 118 valence electrons. The summed E-state index contributed by atoms with van der Waals surface area (Å²) in [4.78, 5) is 30.5. The van der Waals surface area contributed by atoms with Crippen LogP contribution < -0.4 is 10.2 Å². The Labute approximate surface area is 135 Å². The predicted molar refractivity (Wildman–Crippen MR) is 89.1 cm³/mol. The standard InChI is InChI=1S/C18H19N3O2/c1-2-13-7-3-4-8-15(13)21-12-14(11-17(21)22)18(23)20-16-9-5-6-10-19-16/h3-10,14H,2,11-12H2,1H3,(H,19,20,23). The van der Waals surface area contributed by atoms with Gasteiger partial charge in [-0.15, -0.1) is 0 Å². The number of amides is 2. The second kappa shape index (κ2) is 6.60. The van der Waals surface area contributed by atoms with Crippen molar-refractivity contribution >= 4 is 23.3 Å². The quantitative estimate of drug-likeness (QED) is 0.944. The van der Waals surface area contributed by atoms with Crippen LogP contribution in [0.4, 0.5) is 11.5 Å². The minimum absolute atomic E-state index is 0.00734. The predicted octanol–water partition coefficient (Wildman–Crippen LogP) is 2.64. The van der Waals surface area contributed by atoms with Crippen LogP contribution in [-0.2, 0) is 16.0 Å². The maximum atomic E-state index is 12.4. The maximum Gasteiger partial charge on any atom is 0.230 e. The van der Waals surface area contributed by atoms with Crippen molar-refractivity contribution in [3.63, 3.8) is 0 Å². The molecule has 0 spiro atoms. The van der Waals surface area contributed by atoms with Crippen molar-refractivity contribution in [1.82, 2.24) is 4.98 Å². The van der Waals surface area contributed by atoms with Crippen molar-refractivity contribution in [1.29, 1.82) is 0 Å². The minimum atomic E-state index is -0.352. The molecule has 0 radical (unpaired) electrons. The number of carbonyl (C=O) groups is 2. The number of aryl methyl sites for hydroxylation is 1. The van der Waals surface area contributed by atoms with Gasteiger partial charge in [0.05, 0.1) is 5.92 Å². The molecule has 0 saturated carbocycles. The number of rotatable bonds is 4. The Morgan fingerprint density at radius 1 is 1.26 bits per heavy atom. The Morgan fingerprint density at radius 3 is 2.78 bits per heavy atom. The van der Waals surface area contributed by atoms with Crippen molar-refractivity contribution in [3.8, 4) is 0 Å². The number of para-hydroxylation sites is 1. The van der Waals surface area contributed by atoms with Gasteiger partial charge in [0.25, 0.3) is 0 Å². The molecule has 2 aromatic rings. The molecule has 1 aliphatic heterocycles. The summed E-state index contributed by atoms with van der Waals surface area (Å²) >= 11 is 0. The maximum absolute atomic E-state index is 12.4. The largest absolute Gasteiger partial charge is 0.311 e. The number of hydrogen-bond acceptors (Lipinski definition) is 3. The zero-order chi connectivity index (χ0) is 16.2. The number of anilines is 2. The summed E-state index contributed by atoms with van der Waals surface area (Å²) in [7, 11) is 0. The van der Waals surface area contributed by atoms with Gasteiger partial charge >= 0.3 is 0 Å². The van der Waals surface area contributed by atoms with E-state index in [0.29, 0.717) is 12.4 Å². The molecule has 1 N–H and O–H groups in total. The average Bonchev–Trinajstić information content (AvgIpc) is 2.97. The topological polar surface area (TPSA) is 62.3 Å². The molecule has 2 heterocycles. The highest BCUT2D eigenvalue weighted by Gasteiger charge is 2.35. The van der Waals surface area contributed by atoms with E-state index in [9.17, 15) is 9.59 Å². The van der Waals surface area contributed by atoms with Crippen molar-refractivity contribution in [2.75, 3.05) is 16.8 Å². The lowest BCUT2D eigenvalue weighted by Crippen LogP contribution is -2.28. The highest BCUT2D eigenvalue weighted by atomic mass is 16.2. The van der Waals surface area contributed by atoms with E-state index in [2.05, 4.69) is 17.2 Å². The summed E-state index contributed by atoms with van der Waals surface area (Å²) in [6.07, 6.45) is 2.71. The van der Waals surface area contributed by atoms with Crippen molar-refractivity contribution < 1.29 is 9.59 Å². The second-order valence-electron chi connectivity index (χ2n) is 5.59. The normalized spacial score (nSPS) is 17.3. The fraction of sp³-hybridized carbons (Fsp3) is 0.278. The van der Waals surface area contributed by atoms with E-state index in [4.69, 9.17) is 0 Å². The van der Waals surface area contributed by atoms with Crippen LogP contribution in [0.25, 0.3) is 0 Å². The van der Waals surface area contributed by atoms with Crippen molar-refractivity contribution in [2.24, 2.45) is 5.92 Å². The van der Waals surface area contributed by atoms with Crippen LogP contribution in [0, 0.1) is 5.92 Å². The number of aromatic nitrogens is 1. The molecule has 23 heavy (non-hydrogen) atoms. The average molecular weight is 309 g/mol. The zero-order valence-electron chi connectivity index (χ0n) is 13.0. The van der Waals surface area contributed by atoms with Crippen LogP contribution in [0.2, 0.25) is 0 Å². The fourth-order valence-electron chi connectivity index (χ4n) is 2.85. The van der Waals surface area contributed by atoms with E-state index < -0.39 is 0 Å². The van der Waals surface area contributed by atoms with Crippen LogP contribution in [0.5, 0.6) is 0 Å². The fourth-order valence-corrected chi connectivity index (χ4v) is 2.85. The number of carbonyl (C=O) groups excluding carboxylic acids is 2. The van der Waals surface area contributed by atoms with E-state index in [1.807, 2.05) is 30.3 Å². The van der Waals surface area contributed by atoms with E-state index in [0.717, 1.165) is 17.7 Å². The van der Waals surface area contributed by atoms with Gasteiger partial charge in [-0.3, -0.25) is 9.59 Å². The molecule has 5 nitrogen and oxygen atoms in total. The monoisotopic (exact) mass is 309 g/mol. The first-order valence-corrected chi connectivity index (χ1v) is 7.79. The highest BCUT2D eigenvalue weighted by Crippen LogP contribution is 2.29. The van der Waals surface area contributed by atoms with Crippen LogP contribution in [0.1, 0.15) is 18.9 Å². The molecule has 1 aliphatic rings. The molecule has 5 heteroatoms. The van der Waals surface area contributed by atoms with Crippen LogP contribution in [-0.4, -0.2) is 23.3 Å². The van der Waals surface area contributed by atoms with E-state index in [1.165, 1.54) is 0 Å². The van der Waals surface area contributed by atoms with Gasteiger partial charge in [-0.1, -0.05) is 31.2 Å². The molecule has 0 bridgehead atoms. The summed E-state index contributed by atoms with van der Waals surface area (Å²) in [6, 6.07) is 13.2. The van der Waals surface area contributed by atoms with Crippen LogP contribution in [0.15, 0.2) is 48.7 Å². The van der Waals surface area contributed by atoms with Gasteiger partial charge in [0.15, 0.2) is 0 Å².